The number of alkyl halides is 3. The van der Waals surface area contributed by atoms with Gasteiger partial charge in [0.15, 0.2) is 11.6 Å². The van der Waals surface area contributed by atoms with Crippen LogP contribution in [-0.2, 0) is 12.8 Å². The number of halogens is 4. The van der Waals surface area contributed by atoms with Crippen molar-refractivity contribution in [3.63, 3.8) is 0 Å². The SMILES string of the molecule is Fc1ccccc1OCc1ccc(-c2noc(C(F)(F)F)n2)cc1. The van der Waals surface area contributed by atoms with Crippen LogP contribution in [0.5, 0.6) is 5.75 Å². The Morgan fingerprint density at radius 3 is 2.33 bits per heavy atom. The molecule has 8 heteroatoms. The van der Waals surface area contributed by atoms with Gasteiger partial charge in [-0.1, -0.05) is 41.6 Å². The Labute approximate surface area is 133 Å². The van der Waals surface area contributed by atoms with Gasteiger partial charge in [0.25, 0.3) is 0 Å². The molecule has 4 nitrogen and oxygen atoms in total. The molecule has 0 fully saturated rings. The molecular weight excluding hydrogens is 328 g/mol. The summed E-state index contributed by atoms with van der Waals surface area (Å²) in [4.78, 5) is 3.30. The van der Waals surface area contributed by atoms with Crippen LogP contribution in [0.15, 0.2) is 53.1 Å². The second-order valence-electron chi connectivity index (χ2n) is 4.84. The molecule has 1 heterocycles. The fourth-order valence-electron chi connectivity index (χ4n) is 1.93. The van der Waals surface area contributed by atoms with Crippen LogP contribution in [0.4, 0.5) is 17.6 Å². The number of aromatic nitrogens is 2. The Bertz CT molecular complexity index is 829. The molecule has 24 heavy (non-hydrogen) atoms. The topological polar surface area (TPSA) is 48.2 Å². The Kier molecular flexibility index (Phi) is 4.20. The van der Waals surface area contributed by atoms with Gasteiger partial charge >= 0.3 is 12.1 Å². The third-order valence-corrected chi connectivity index (χ3v) is 3.11. The standard InChI is InChI=1S/C16H10F4N2O2/c17-12-3-1-2-4-13(12)23-9-10-5-7-11(8-6-10)14-21-15(24-22-14)16(18,19)20/h1-8H,9H2. The van der Waals surface area contributed by atoms with Crippen molar-refractivity contribution in [1.82, 2.24) is 10.1 Å². The molecule has 0 amide bonds. The van der Waals surface area contributed by atoms with E-state index >= 15 is 0 Å². The summed E-state index contributed by atoms with van der Waals surface area (Å²) >= 11 is 0. The normalized spacial score (nSPS) is 11.5. The summed E-state index contributed by atoms with van der Waals surface area (Å²) in [6, 6.07) is 12.3. The van der Waals surface area contributed by atoms with Crippen molar-refractivity contribution in [2.24, 2.45) is 0 Å². The molecule has 0 spiro atoms. The molecule has 1 aromatic heterocycles. The smallest absolute Gasteiger partial charge is 0.471 e. The van der Waals surface area contributed by atoms with Crippen LogP contribution in [0.3, 0.4) is 0 Å². The van der Waals surface area contributed by atoms with Gasteiger partial charge in [0.1, 0.15) is 6.61 Å². The van der Waals surface area contributed by atoms with Crippen molar-refractivity contribution in [1.29, 1.82) is 0 Å². The third kappa shape index (κ3) is 3.53. The van der Waals surface area contributed by atoms with Crippen molar-refractivity contribution >= 4 is 0 Å². The van der Waals surface area contributed by atoms with Crippen LogP contribution >= 0.6 is 0 Å². The number of hydrogen-bond donors (Lipinski definition) is 0. The lowest BCUT2D eigenvalue weighted by Gasteiger charge is -2.07. The molecular formula is C16H10F4N2O2. The molecule has 0 bridgehead atoms. The highest BCUT2D eigenvalue weighted by atomic mass is 19.4. The van der Waals surface area contributed by atoms with Crippen molar-refractivity contribution in [2.75, 3.05) is 0 Å². The van der Waals surface area contributed by atoms with Crippen molar-refractivity contribution in [2.45, 2.75) is 12.8 Å². The number of ether oxygens (including phenoxy) is 1. The second kappa shape index (κ2) is 6.31. The van der Waals surface area contributed by atoms with E-state index in [0.717, 1.165) is 0 Å². The molecule has 0 saturated carbocycles. The molecule has 2 aromatic carbocycles. The fraction of sp³-hybridized carbons (Fsp3) is 0.125. The molecule has 0 N–H and O–H groups in total. The van der Waals surface area contributed by atoms with Gasteiger partial charge in [-0.25, -0.2) is 4.39 Å². The molecule has 0 aliphatic carbocycles. The molecule has 0 atom stereocenters. The van der Waals surface area contributed by atoms with Gasteiger partial charge in [0.05, 0.1) is 0 Å². The lowest BCUT2D eigenvalue weighted by Crippen LogP contribution is -2.04. The minimum absolute atomic E-state index is 0.112. The second-order valence-corrected chi connectivity index (χ2v) is 4.84. The quantitative estimate of drug-likeness (QED) is 0.659. The number of rotatable bonds is 4. The van der Waals surface area contributed by atoms with Gasteiger partial charge in [-0.2, -0.15) is 18.2 Å². The summed E-state index contributed by atoms with van der Waals surface area (Å²) in [7, 11) is 0. The van der Waals surface area contributed by atoms with E-state index in [1.807, 2.05) is 0 Å². The van der Waals surface area contributed by atoms with Gasteiger partial charge in [-0.3, -0.25) is 0 Å². The highest BCUT2D eigenvalue weighted by molar-refractivity contribution is 5.54. The first-order valence-electron chi connectivity index (χ1n) is 6.81. The number of hydrogen-bond acceptors (Lipinski definition) is 4. The van der Waals surface area contributed by atoms with Crippen LogP contribution in [-0.4, -0.2) is 10.1 Å². The number of para-hydroxylation sites is 1. The zero-order valence-corrected chi connectivity index (χ0v) is 12.0. The minimum atomic E-state index is -4.68. The largest absolute Gasteiger partial charge is 0.486 e. The van der Waals surface area contributed by atoms with Crippen LogP contribution in [0.1, 0.15) is 11.5 Å². The number of benzene rings is 2. The average Bonchev–Trinajstić information content (AvgIpc) is 3.05. The maximum Gasteiger partial charge on any atom is 0.471 e. The summed E-state index contributed by atoms with van der Waals surface area (Å²) < 4.78 is 60.3. The Hall–Kier alpha value is -2.90. The first kappa shape index (κ1) is 16.0. The average molecular weight is 338 g/mol. The molecule has 0 saturated heterocycles. The zero-order valence-electron chi connectivity index (χ0n) is 12.0. The van der Waals surface area contributed by atoms with E-state index in [9.17, 15) is 17.6 Å². The molecule has 0 unspecified atom stereocenters. The van der Waals surface area contributed by atoms with Crippen LogP contribution in [0.2, 0.25) is 0 Å². The monoisotopic (exact) mass is 338 g/mol. The summed E-state index contributed by atoms with van der Waals surface area (Å²) in [5.74, 6) is -1.91. The lowest BCUT2D eigenvalue weighted by molar-refractivity contribution is -0.159. The Morgan fingerprint density at radius 1 is 1.00 bits per heavy atom. The van der Waals surface area contributed by atoms with Gasteiger partial charge in [0.2, 0.25) is 5.82 Å². The van der Waals surface area contributed by atoms with Crippen LogP contribution in [0.25, 0.3) is 11.4 Å². The molecule has 0 radical (unpaired) electrons. The van der Waals surface area contributed by atoms with Crippen LogP contribution in [0, 0.1) is 5.82 Å². The van der Waals surface area contributed by atoms with Crippen molar-refractivity contribution in [3.05, 3.63) is 65.8 Å². The van der Waals surface area contributed by atoms with Crippen LogP contribution < -0.4 is 4.74 Å². The Morgan fingerprint density at radius 2 is 1.71 bits per heavy atom. The summed E-state index contributed by atoms with van der Waals surface area (Å²) in [5.41, 5.74) is 1.07. The predicted molar refractivity (Wildman–Crippen MR) is 75.5 cm³/mol. The molecule has 3 aromatic rings. The van der Waals surface area contributed by atoms with Gasteiger partial charge in [0, 0.05) is 5.56 Å². The summed E-state index contributed by atoms with van der Waals surface area (Å²) in [6.07, 6.45) is -4.68. The van der Waals surface area contributed by atoms with Gasteiger partial charge < -0.3 is 9.26 Å². The lowest BCUT2D eigenvalue weighted by atomic mass is 10.1. The first-order chi connectivity index (χ1) is 11.4. The zero-order chi connectivity index (χ0) is 17.2. The highest BCUT2D eigenvalue weighted by Crippen LogP contribution is 2.29. The van der Waals surface area contributed by atoms with E-state index in [2.05, 4.69) is 14.7 Å². The first-order valence-corrected chi connectivity index (χ1v) is 6.81. The van der Waals surface area contributed by atoms with Gasteiger partial charge in [-0.05, 0) is 17.7 Å². The third-order valence-electron chi connectivity index (χ3n) is 3.11. The van der Waals surface area contributed by atoms with E-state index in [0.29, 0.717) is 11.1 Å². The maximum atomic E-state index is 13.4. The van der Waals surface area contributed by atoms with E-state index in [1.165, 1.54) is 24.3 Å². The molecule has 124 valence electrons. The molecule has 0 aliphatic heterocycles. The van der Waals surface area contributed by atoms with E-state index < -0.39 is 17.9 Å². The summed E-state index contributed by atoms with van der Waals surface area (Å²) in [6.45, 7) is 0.112. The summed E-state index contributed by atoms with van der Waals surface area (Å²) in [5, 5.41) is 3.30. The highest BCUT2D eigenvalue weighted by Gasteiger charge is 2.38. The molecule has 0 aliphatic rings. The molecule has 3 rings (SSSR count). The van der Waals surface area contributed by atoms with Gasteiger partial charge in [-0.15, -0.1) is 0 Å². The Balaban J connectivity index is 1.69. The van der Waals surface area contributed by atoms with E-state index in [4.69, 9.17) is 4.74 Å². The van der Waals surface area contributed by atoms with E-state index in [-0.39, 0.29) is 18.2 Å². The van der Waals surface area contributed by atoms with Crippen molar-refractivity contribution in [3.8, 4) is 17.1 Å². The maximum absolute atomic E-state index is 13.4. The predicted octanol–water partition coefficient (Wildman–Crippen LogP) is 4.47. The fourth-order valence-corrected chi connectivity index (χ4v) is 1.93. The minimum Gasteiger partial charge on any atom is -0.486 e. The number of nitrogens with zero attached hydrogens (tertiary/aromatic N) is 2. The van der Waals surface area contributed by atoms with E-state index in [1.54, 1.807) is 24.3 Å². The van der Waals surface area contributed by atoms with Crippen molar-refractivity contribution < 1.29 is 26.8 Å².